The molecule has 0 saturated carbocycles. The summed E-state index contributed by atoms with van der Waals surface area (Å²) in [6.07, 6.45) is 5.36. The molecule has 17 heavy (non-hydrogen) atoms. The van der Waals surface area contributed by atoms with E-state index in [-0.39, 0.29) is 6.04 Å². The molecule has 0 radical (unpaired) electrons. The summed E-state index contributed by atoms with van der Waals surface area (Å²) in [7, 11) is 1.94. The number of hydrogen-bond acceptors (Lipinski definition) is 3. The predicted molar refractivity (Wildman–Crippen MR) is 63.4 cm³/mol. The Morgan fingerprint density at radius 1 is 1.65 bits per heavy atom. The molecule has 0 aliphatic carbocycles. The van der Waals surface area contributed by atoms with Gasteiger partial charge in [0, 0.05) is 19.8 Å². The number of rotatable bonds is 3. The van der Waals surface area contributed by atoms with Crippen molar-refractivity contribution >= 4 is 5.97 Å². The van der Waals surface area contributed by atoms with Crippen molar-refractivity contribution in [3.05, 3.63) is 18.2 Å². The van der Waals surface area contributed by atoms with Gasteiger partial charge >= 0.3 is 5.97 Å². The summed E-state index contributed by atoms with van der Waals surface area (Å²) >= 11 is 0. The summed E-state index contributed by atoms with van der Waals surface area (Å²) in [5.74, 6) is -0.211. The lowest BCUT2D eigenvalue weighted by molar-refractivity contribution is -0.145. The maximum Gasteiger partial charge on any atom is 0.320 e. The van der Waals surface area contributed by atoms with Crippen LogP contribution < -0.4 is 0 Å². The highest BCUT2D eigenvalue weighted by Crippen LogP contribution is 2.24. The van der Waals surface area contributed by atoms with Crippen LogP contribution in [0.25, 0.3) is 0 Å². The molecule has 5 nitrogen and oxygen atoms in total. The maximum absolute atomic E-state index is 11.3. The van der Waals surface area contributed by atoms with E-state index >= 15 is 0 Å². The highest BCUT2D eigenvalue weighted by Gasteiger charge is 2.31. The number of likely N-dealkylation sites (tertiary alicyclic amines) is 1. The third-order valence-electron chi connectivity index (χ3n) is 3.54. The van der Waals surface area contributed by atoms with Crippen LogP contribution in [0.4, 0.5) is 0 Å². The van der Waals surface area contributed by atoms with E-state index in [1.54, 1.807) is 12.5 Å². The molecule has 5 heteroatoms. The molecule has 0 bridgehead atoms. The summed E-state index contributed by atoms with van der Waals surface area (Å²) < 4.78 is 1.94. The molecule has 2 rings (SSSR count). The zero-order valence-electron chi connectivity index (χ0n) is 10.3. The normalized spacial score (nSPS) is 26.0. The van der Waals surface area contributed by atoms with Gasteiger partial charge in [0.15, 0.2) is 0 Å². The number of carboxylic acids is 1. The number of aliphatic carboxylic acids is 1. The van der Waals surface area contributed by atoms with Gasteiger partial charge in [-0.15, -0.1) is 0 Å². The lowest BCUT2D eigenvalue weighted by Gasteiger charge is -2.35. The van der Waals surface area contributed by atoms with E-state index in [0.717, 1.165) is 25.1 Å². The smallest absolute Gasteiger partial charge is 0.320 e. The first-order chi connectivity index (χ1) is 8.08. The van der Waals surface area contributed by atoms with Gasteiger partial charge in [-0.2, -0.15) is 0 Å². The van der Waals surface area contributed by atoms with Crippen LogP contribution in [0, 0.1) is 5.92 Å². The van der Waals surface area contributed by atoms with Crippen molar-refractivity contribution in [1.82, 2.24) is 14.5 Å². The van der Waals surface area contributed by atoms with Gasteiger partial charge in [0.05, 0.1) is 12.0 Å². The Labute approximate surface area is 101 Å². The number of carboxylic acid groups (broad SMARTS) is 1. The van der Waals surface area contributed by atoms with E-state index in [0.29, 0.717) is 12.5 Å². The molecule has 2 unspecified atom stereocenters. The average molecular weight is 237 g/mol. The second-order valence-electron chi connectivity index (χ2n) is 4.95. The maximum atomic E-state index is 11.3. The van der Waals surface area contributed by atoms with Gasteiger partial charge in [-0.25, -0.2) is 4.98 Å². The molecule has 0 spiro atoms. The van der Waals surface area contributed by atoms with Crippen molar-refractivity contribution < 1.29 is 9.90 Å². The highest BCUT2D eigenvalue weighted by atomic mass is 16.4. The monoisotopic (exact) mass is 237 g/mol. The van der Waals surface area contributed by atoms with Crippen LogP contribution in [0.5, 0.6) is 0 Å². The third kappa shape index (κ3) is 2.66. The zero-order valence-corrected chi connectivity index (χ0v) is 10.3. The van der Waals surface area contributed by atoms with E-state index in [9.17, 15) is 9.90 Å². The van der Waals surface area contributed by atoms with Crippen LogP contribution >= 0.6 is 0 Å². The number of hydrogen-bond donors (Lipinski definition) is 1. The topological polar surface area (TPSA) is 58.4 Å². The summed E-state index contributed by atoms with van der Waals surface area (Å²) in [6, 6.07) is -0.353. The Morgan fingerprint density at radius 2 is 2.41 bits per heavy atom. The highest BCUT2D eigenvalue weighted by molar-refractivity contribution is 5.73. The number of aryl methyl sites for hydroxylation is 1. The van der Waals surface area contributed by atoms with Gasteiger partial charge < -0.3 is 9.67 Å². The molecule has 1 fully saturated rings. The number of imidazole rings is 1. The quantitative estimate of drug-likeness (QED) is 0.855. The van der Waals surface area contributed by atoms with Crippen LogP contribution in [0.1, 0.15) is 25.5 Å². The van der Waals surface area contributed by atoms with Crippen molar-refractivity contribution in [1.29, 1.82) is 0 Å². The number of aromatic nitrogens is 2. The van der Waals surface area contributed by atoms with Crippen LogP contribution in [-0.2, 0) is 18.4 Å². The zero-order chi connectivity index (χ0) is 12.4. The Hall–Kier alpha value is -1.36. The Bertz CT molecular complexity index is 402. The van der Waals surface area contributed by atoms with Gasteiger partial charge in [0.25, 0.3) is 0 Å². The minimum absolute atomic E-state index is 0.353. The fourth-order valence-electron chi connectivity index (χ4n) is 2.38. The van der Waals surface area contributed by atoms with E-state index in [1.807, 2.05) is 16.5 Å². The van der Waals surface area contributed by atoms with Crippen molar-refractivity contribution in [2.45, 2.75) is 32.4 Å². The first-order valence-corrected chi connectivity index (χ1v) is 6.00. The second kappa shape index (κ2) is 4.87. The van der Waals surface area contributed by atoms with Crippen molar-refractivity contribution in [2.24, 2.45) is 13.0 Å². The molecular formula is C12H19N3O2. The van der Waals surface area contributed by atoms with Crippen molar-refractivity contribution in [3.8, 4) is 0 Å². The largest absolute Gasteiger partial charge is 0.480 e. The summed E-state index contributed by atoms with van der Waals surface area (Å²) in [5.41, 5.74) is 1.06. The van der Waals surface area contributed by atoms with E-state index in [4.69, 9.17) is 0 Å². The summed E-state index contributed by atoms with van der Waals surface area (Å²) in [5, 5.41) is 9.26. The first-order valence-electron chi connectivity index (χ1n) is 6.00. The molecule has 1 aliphatic rings. The van der Waals surface area contributed by atoms with E-state index in [1.165, 1.54) is 0 Å². The third-order valence-corrected chi connectivity index (χ3v) is 3.54. The fourth-order valence-corrected chi connectivity index (χ4v) is 2.38. The van der Waals surface area contributed by atoms with E-state index < -0.39 is 5.97 Å². The molecular weight excluding hydrogens is 218 g/mol. The Kier molecular flexibility index (Phi) is 3.47. The standard InChI is InChI=1S/C12H19N3O2/c1-9-3-4-15(11(5-9)12(16)17)7-10-6-13-8-14(10)2/h6,8-9,11H,3-5,7H2,1-2H3,(H,16,17). The van der Waals surface area contributed by atoms with Gasteiger partial charge in [0.2, 0.25) is 0 Å². The van der Waals surface area contributed by atoms with Gasteiger partial charge in [-0.1, -0.05) is 6.92 Å². The fraction of sp³-hybridized carbons (Fsp3) is 0.667. The van der Waals surface area contributed by atoms with Crippen LogP contribution in [-0.4, -0.2) is 38.1 Å². The first kappa shape index (κ1) is 12.1. The van der Waals surface area contributed by atoms with Gasteiger partial charge in [-0.05, 0) is 25.3 Å². The number of piperidine rings is 1. The van der Waals surface area contributed by atoms with E-state index in [2.05, 4.69) is 11.9 Å². The Balaban J connectivity index is 2.08. The minimum atomic E-state index is -0.710. The molecule has 1 aliphatic heterocycles. The lowest BCUT2D eigenvalue weighted by atomic mass is 9.92. The number of carbonyl (C=O) groups is 1. The van der Waals surface area contributed by atoms with Crippen LogP contribution in [0.2, 0.25) is 0 Å². The molecule has 1 N–H and O–H groups in total. The average Bonchev–Trinajstić information content (AvgIpc) is 2.67. The molecule has 1 aromatic rings. The number of nitrogens with zero attached hydrogens (tertiary/aromatic N) is 3. The second-order valence-corrected chi connectivity index (χ2v) is 4.95. The van der Waals surface area contributed by atoms with Crippen molar-refractivity contribution in [2.75, 3.05) is 6.54 Å². The van der Waals surface area contributed by atoms with Crippen molar-refractivity contribution in [3.63, 3.8) is 0 Å². The SMILES string of the molecule is CC1CCN(Cc2cncn2C)C(C(=O)O)C1. The molecule has 1 saturated heterocycles. The molecule has 0 amide bonds. The molecule has 0 aromatic carbocycles. The predicted octanol–water partition coefficient (Wildman–Crippen LogP) is 1.11. The summed E-state index contributed by atoms with van der Waals surface area (Å²) in [4.78, 5) is 17.4. The molecule has 2 atom stereocenters. The van der Waals surface area contributed by atoms with Crippen LogP contribution in [0.15, 0.2) is 12.5 Å². The Morgan fingerprint density at radius 3 is 3.00 bits per heavy atom. The van der Waals surface area contributed by atoms with Gasteiger partial charge in [-0.3, -0.25) is 9.69 Å². The molecule has 1 aromatic heterocycles. The molecule has 94 valence electrons. The minimum Gasteiger partial charge on any atom is -0.480 e. The lowest BCUT2D eigenvalue weighted by Crippen LogP contribution is -2.46. The molecule has 2 heterocycles. The van der Waals surface area contributed by atoms with Crippen LogP contribution in [0.3, 0.4) is 0 Å². The summed E-state index contributed by atoms with van der Waals surface area (Å²) in [6.45, 7) is 3.64. The van der Waals surface area contributed by atoms with Gasteiger partial charge in [0.1, 0.15) is 6.04 Å².